The van der Waals surface area contributed by atoms with Gasteiger partial charge in [-0.15, -0.1) is 0 Å². The predicted octanol–water partition coefficient (Wildman–Crippen LogP) is 4.07. The number of benzene rings is 2. The van der Waals surface area contributed by atoms with Crippen LogP contribution in [0.4, 0.5) is 4.39 Å². The fourth-order valence-electron chi connectivity index (χ4n) is 1.61. The second kappa shape index (κ2) is 5.27. The Balaban J connectivity index is 2.08. The van der Waals surface area contributed by atoms with Crippen molar-refractivity contribution >= 4 is 11.6 Å². The number of aromatic hydroxyl groups is 1. The standard InChI is InChI=1S/C14H12ClFO2/c1-9-4-11(17)7-12(5-9)18-8-10-2-3-14(16)13(15)6-10/h2-7,17H,8H2,1H3. The molecule has 0 atom stereocenters. The van der Waals surface area contributed by atoms with E-state index in [0.29, 0.717) is 5.75 Å². The number of halogens is 2. The summed E-state index contributed by atoms with van der Waals surface area (Å²) in [5, 5.41) is 9.49. The summed E-state index contributed by atoms with van der Waals surface area (Å²) in [6.45, 7) is 2.13. The van der Waals surface area contributed by atoms with Crippen LogP contribution < -0.4 is 4.74 Å². The van der Waals surface area contributed by atoms with Crippen LogP contribution in [-0.4, -0.2) is 5.11 Å². The summed E-state index contributed by atoms with van der Waals surface area (Å²) in [5.74, 6) is 0.267. The largest absolute Gasteiger partial charge is 0.508 e. The molecule has 2 rings (SSSR count). The summed E-state index contributed by atoms with van der Waals surface area (Å²) in [4.78, 5) is 0. The molecule has 0 saturated carbocycles. The van der Waals surface area contributed by atoms with Crippen LogP contribution in [0, 0.1) is 12.7 Å². The molecule has 0 bridgehead atoms. The second-order valence-electron chi connectivity index (χ2n) is 4.04. The van der Waals surface area contributed by atoms with Gasteiger partial charge in [0.2, 0.25) is 0 Å². The van der Waals surface area contributed by atoms with E-state index in [1.807, 2.05) is 13.0 Å². The molecule has 1 N–H and O–H groups in total. The highest BCUT2D eigenvalue weighted by Crippen LogP contribution is 2.23. The molecule has 0 fully saturated rings. The second-order valence-corrected chi connectivity index (χ2v) is 4.45. The molecule has 0 radical (unpaired) electrons. The van der Waals surface area contributed by atoms with Crippen molar-refractivity contribution in [3.8, 4) is 11.5 Å². The van der Waals surface area contributed by atoms with E-state index < -0.39 is 5.82 Å². The Bertz CT molecular complexity index is 549. The molecule has 2 nitrogen and oxygen atoms in total. The summed E-state index contributed by atoms with van der Waals surface area (Å²) >= 11 is 5.68. The van der Waals surface area contributed by atoms with E-state index in [2.05, 4.69) is 0 Å². The van der Waals surface area contributed by atoms with Crippen molar-refractivity contribution in [2.45, 2.75) is 13.5 Å². The maximum atomic E-state index is 13.0. The molecule has 2 aromatic rings. The maximum absolute atomic E-state index is 13.0. The van der Waals surface area contributed by atoms with Gasteiger partial charge in [0.15, 0.2) is 0 Å². The molecule has 0 unspecified atom stereocenters. The van der Waals surface area contributed by atoms with Gasteiger partial charge in [0.25, 0.3) is 0 Å². The molecule has 0 spiro atoms. The van der Waals surface area contributed by atoms with Gasteiger partial charge in [0.05, 0.1) is 5.02 Å². The predicted molar refractivity (Wildman–Crippen MR) is 68.6 cm³/mol. The minimum absolute atomic E-state index is 0.0724. The van der Waals surface area contributed by atoms with Gasteiger partial charge in [-0.25, -0.2) is 4.39 Å². The molecular formula is C14H12ClFO2. The van der Waals surface area contributed by atoms with Crippen molar-refractivity contribution in [1.29, 1.82) is 0 Å². The molecular weight excluding hydrogens is 255 g/mol. The van der Waals surface area contributed by atoms with Crippen LogP contribution in [0.1, 0.15) is 11.1 Å². The monoisotopic (exact) mass is 266 g/mol. The number of phenols is 1. The van der Waals surface area contributed by atoms with Gasteiger partial charge in [-0.05, 0) is 42.3 Å². The molecule has 0 amide bonds. The van der Waals surface area contributed by atoms with Crippen LogP contribution in [0.25, 0.3) is 0 Å². The SMILES string of the molecule is Cc1cc(O)cc(OCc2ccc(F)c(Cl)c2)c1. The first-order chi connectivity index (χ1) is 8.54. The molecule has 4 heteroatoms. The molecule has 94 valence electrons. The summed E-state index contributed by atoms with van der Waals surface area (Å²) in [6, 6.07) is 9.41. The van der Waals surface area contributed by atoms with Gasteiger partial charge in [0, 0.05) is 6.07 Å². The van der Waals surface area contributed by atoms with Crippen LogP contribution in [0.3, 0.4) is 0 Å². The van der Waals surface area contributed by atoms with E-state index in [1.165, 1.54) is 18.2 Å². The van der Waals surface area contributed by atoms with Crippen molar-refractivity contribution in [2.75, 3.05) is 0 Å². The van der Waals surface area contributed by atoms with Crippen LogP contribution in [-0.2, 0) is 6.61 Å². The minimum Gasteiger partial charge on any atom is -0.508 e. The van der Waals surface area contributed by atoms with Gasteiger partial charge in [-0.2, -0.15) is 0 Å². The molecule has 0 aliphatic heterocycles. The topological polar surface area (TPSA) is 29.5 Å². The normalized spacial score (nSPS) is 10.4. The number of hydrogen-bond donors (Lipinski definition) is 1. The number of rotatable bonds is 3. The van der Waals surface area contributed by atoms with Crippen molar-refractivity contribution in [3.63, 3.8) is 0 Å². The first kappa shape index (κ1) is 12.7. The first-order valence-corrected chi connectivity index (χ1v) is 5.80. The highest BCUT2D eigenvalue weighted by atomic mass is 35.5. The van der Waals surface area contributed by atoms with E-state index in [9.17, 15) is 9.50 Å². The van der Waals surface area contributed by atoms with E-state index in [0.717, 1.165) is 11.1 Å². The molecule has 0 aromatic heterocycles. The van der Waals surface area contributed by atoms with Gasteiger partial charge < -0.3 is 9.84 Å². The number of hydrogen-bond acceptors (Lipinski definition) is 2. The van der Waals surface area contributed by atoms with Crippen molar-refractivity contribution in [1.82, 2.24) is 0 Å². The Morgan fingerprint density at radius 3 is 2.67 bits per heavy atom. The maximum Gasteiger partial charge on any atom is 0.141 e. The highest BCUT2D eigenvalue weighted by Gasteiger charge is 2.03. The summed E-state index contributed by atoms with van der Waals surface area (Å²) < 4.78 is 18.5. The van der Waals surface area contributed by atoms with E-state index in [1.54, 1.807) is 12.1 Å². The van der Waals surface area contributed by atoms with Crippen molar-refractivity contribution < 1.29 is 14.2 Å². The lowest BCUT2D eigenvalue weighted by Gasteiger charge is -2.08. The fraction of sp³-hybridized carbons (Fsp3) is 0.143. The molecule has 0 saturated heterocycles. The lowest BCUT2D eigenvalue weighted by molar-refractivity contribution is 0.304. The van der Waals surface area contributed by atoms with Crippen LogP contribution in [0.2, 0.25) is 5.02 Å². The van der Waals surface area contributed by atoms with Crippen LogP contribution in [0.15, 0.2) is 36.4 Å². The third kappa shape index (κ3) is 3.14. The average Bonchev–Trinajstić information content (AvgIpc) is 2.29. The lowest BCUT2D eigenvalue weighted by Crippen LogP contribution is -1.96. The van der Waals surface area contributed by atoms with Crippen LogP contribution >= 0.6 is 11.6 Å². The molecule has 0 aliphatic rings. The average molecular weight is 267 g/mol. The lowest BCUT2D eigenvalue weighted by atomic mass is 10.2. The van der Waals surface area contributed by atoms with Crippen molar-refractivity contribution in [3.05, 3.63) is 58.4 Å². The Kier molecular flexibility index (Phi) is 3.72. The Labute approximate surface area is 110 Å². The molecule has 0 heterocycles. The van der Waals surface area contributed by atoms with Gasteiger partial charge >= 0.3 is 0 Å². The summed E-state index contributed by atoms with van der Waals surface area (Å²) in [7, 11) is 0. The zero-order valence-electron chi connectivity index (χ0n) is 9.78. The van der Waals surface area contributed by atoms with Gasteiger partial charge in [-0.3, -0.25) is 0 Å². The Hall–Kier alpha value is -1.74. The first-order valence-electron chi connectivity index (χ1n) is 5.42. The zero-order chi connectivity index (χ0) is 13.1. The van der Waals surface area contributed by atoms with Crippen LogP contribution in [0.5, 0.6) is 11.5 Å². The Morgan fingerprint density at radius 1 is 1.22 bits per heavy atom. The van der Waals surface area contributed by atoms with Gasteiger partial charge in [0.1, 0.15) is 23.9 Å². The van der Waals surface area contributed by atoms with Crippen molar-refractivity contribution in [2.24, 2.45) is 0 Å². The third-order valence-corrected chi connectivity index (χ3v) is 2.71. The molecule has 0 aliphatic carbocycles. The van der Waals surface area contributed by atoms with E-state index >= 15 is 0 Å². The zero-order valence-corrected chi connectivity index (χ0v) is 10.5. The van der Waals surface area contributed by atoms with Gasteiger partial charge in [-0.1, -0.05) is 17.7 Å². The van der Waals surface area contributed by atoms with E-state index in [4.69, 9.17) is 16.3 Å². The van der Waals surface area contributed by atoms with E-state index in [-0.39, 0.29) is 17.4 Å². The quantitative estimate of drug-likeness (QED) is 0.907. The smallest absolute Gasteiger partial charge is 0.141 e. The number of aryl methyl sites for hydroxylation is 1. The molecule has 18 heavy (non-hydrogen) atoms. The minimum atomic E-state index is -0.450. The summed E-state index contributed by atoms with van der Waals surface area (Å²) in [6.07, 6.45) is 0. The fourth-order valence-corrected chi connectivity index (χ4v) is 1.81. The highest BCUT2D eigenvalue weighted by molar-refractivity contribution is 6.30. The number of ether oxygens (including phenoxy) is 1. The Morgan fingerprint density at radius 2 is 2.00 bits per heavy atom. The third-order valence-electron chi connectivity index (χ3n) is 2.43. The summed E-state index contributed by atoms with van der Waals surface area (Å²) in [5.41, 5.74) is 1.67. The number of phenolic OH excluding ortho intramolecular Hbond substituents is 1. The molecule has 2 aromatic carbocycles.